The maximum absolute atomic E-state index is 12.4. The number of carbonyl (C=O) groups is 2. The van der Waals surface area contributed by atoms with Gasteiger partial charge in [0.05, 0.1) is 17.2 Å². The van der Waals surface area contributed by atoms with Crippen LogP contribution in [-0.4, -0.2) is 43.1 Å². The van der Waals surface area contributed by atoms with E-state index in [1.807, 2.05) is 0 Å². The third kappa shape index (κ3) is 3.20. The van der Waals surface area contributed by atoms with E-state index in [-0.39, 0.29) is 10.5 Å². The van der Waals surface area contributed by atoms with E-state index in [0.29, 0.717) is 23.1 Å². The number of amides is 2. The van der Waals surface area contributed by atoms with E-state index in [1.54, 1.807) is 31.2 Å². The SMILES string of the molecule is Cc1cn([C@H]2C[C@H](I)[C@@H](CON3C(=O)c4ccccc4C3=O)O2)c(=O)[nH]c1=O. The molecule has 9 nitrogen and oxygen atoms in total. The molecule has 1 N–H and O–H groups in total. The van der Waals surface area contributed by atoms with Crippen LogP contribution in [0, 0.1) is 6.92 Å². The Morgan fingerprint density at radius 3 is 2.46 bits per heavy atom. The number of nitrogens with zero attached hydrogens (tertiary/aromatic N) is 2. The zero-order chi connectivity index (χ0) is 20.0. The number of ether oxygens (including phenoxy) is 1. The van der Waals surface area contributed by atoms with Gasteiger partial charge in [-0.1, -0.05) is 34.7 Å². The summed E-state index contributed by atoms with van der Waals surface area (Å²) >= 11 is 2.18. The smallest absolute Gasteiger partial charge is 0.330 e. The first-order valence-electron chi connectivity index (χ1n) is 8.59. The topological polar surface area (TPSA) is 111 Å². The molecule has 0 bridgehead atoms. The largest absolute Gasteiger partial charge is 0.351 e. The highest BCUT2D eigenvalue weighted by atomic mass is 127. The number of benzene rings is 1. The highest BCUT2D eigenvalue weighted by Crippen LogP contribution is 2.33. The Bertz CT molecular complexity index is 1040. The van der Waals surface area contributed by atoms with Gasteiger partial charge in [0.25, 0.3) is 17.4 Å². The first-order chi connectivity index (χ1) is 13.4. The molecule has 0 saturated carbocycles. The zero-order valence-electron chi connectivity index (χ0n) is 14.8. The second-order valence-corrected chi connectivity index (χ2v) is 8.21. The molecule has 0 aliphatic carbocycles. The number of carbonyl (C=O) groups excluding carboxylic acids is 2. The molecule has 10 heteroatoms. The van der Waals surface area contributed by atoms with E-state index in [0.717, 1.165) is 5.06 Å². The lowest BCUT2D eigenvalue weighted by molar-refractivity contribution is -0.129. The Morgan fingerprint density at radius 1 is 1.18 bits per heavy atom. The second kappa shape index (κ2) is 7.26. The van der Waals surface area contributed by atoms with Crippen molar-refractivity contribution in [2.24, 2.45) is 0 Å². The molecule has 1 aromatic carbocycles. The first-order valence-corrected chi connectivity index (χ1v) is 9.83. The quantitative estimate of drug-likeness (QED) is 0.386. The third-order valence-corrected chi connectivity index (χ3v) is 6.05. The summed E-state index contributed by atoms with van der Waals surface area (Å²) in [5, 5.41) is 0.751. The number of alkyl halides is 1. The molecule has 28 heavy (non-hydrogen) atoms. The monoisotopic (exact) mass is 497 g/mol. The van der Waals surface area contributed by atoms with Crippen molar-refractivity contribution in [3.05, 3.63) is 68.0 Å². The van der Waals surface area contributed by atoms with Crippen molar-refractivity contribution in [3.8, 4) is 0 Å². The van der Waals surface area contributed by atoms with Crippen LogP contribution in [-0.2, 0) is 9.57 Å². The summed E-state index contributed by atoms with van der Waals surface area (Å²) < 4.78 is 7.22. The number of H-pyrrole nitrogens is 1. The summed E-state index contributed by atoms with van der Waals surface area (Å²) in [6.07, 6.45) is 0.972. The van der Waals surface area contributed by atoms with Crippen molar-refractivity contribution in [3.63, 3.8) is 0 Å². The molecule has 2 amide bonds. The summed E-state index contributed by atoms with van der Waals surface area (Å²) in [4.78, 5) is 56.0. The Labute approximate surface area is 172 Å². The molecule has 2 aromatic rings. The molecule has 0 unspecified atom stereocenters. The van der Waals surface area contributed by atoms with Crippen molar-refractivity contribution >= 4 is 34.4 Å². The summed E-state index contributed by atoms with van der Waals surface area (Å²) in [7, 11) is 0. The minimum Gasteiger partial charge on any atom is -0.351 e. The fourth-order valence-corrected chi connectivity index (χ4v) is 4.05. The first kappa shape index (κ1) is 19.0. The van der Waals surface area contributed by atoms with Crippen LogP contribution >= 0.6 is 22.6 Å². The minimum atomic E-state index is -0.569. The molecule has 146 valence electrons. The highest BCUT2D eigenvalue weighted by molar-refractivity contribution is 14.1. The fraction of sp³-hybridized carbons (Fsp3) is 0.333. The lowest BCUT2D eigenvalue weighted by Gasteiger charge is -2.19. The van der Waals surface area contributed by atoms with Crippen LogP contribution in [0.2, 0.25) is 0 Å². The van der Waals surface area contributed by atoms with Crippen molar-refractivity contribution in [2.75, 3.05) is 6.61 Å². The molecule has 1 aromatic heterocycles. The van der Waals surface area contributed by atoms with E-state index >= 15 is 0 Å². The van der Waals surface area contributed by atoms with E-state index in [4.69, 9.17) is 9.57 Å². The maximum atomic E-state index is 12.4. The Kier molecular flexibility index (Phi) is 4.93. The molecule has 3 atom stereocenters. The molecule has 4 rings (SSSR count). The van der Waals surface area contributed by atoms with Crippen molar-refractivity contribution < 1.29 is 19.2 Å². The minimum absolute atomic E-state index is 0.0167. The van der Waals surface area contributed by atoms with E-state index < -0.39 is 35.4 Å². The Hall–Kier alpha value is -2.31. The standard InChI is InChI=1S/C18H16IN3O6/c1-9-7-21(18(26)20-15(9)23)14-6-12(19)13(28-14)8-27-22-16(24)10-4-2-3-5-11(10)17(22)25/h2-5,7,12-14H,6,8H2,1H3,(H,20,23,26)/t12-,13+,14+/m0/s1. The van der Waals surface area contributed by atoms with Crippen LogP contribution in [0.1, 0.15) is 38.9 Å². The van der Waals surface area contributed by atoms with E-state index in [1.165, 1.54) is 10.8 Å². The van der Waals surface area contributed by atoms with Crippen LogP contribution in [0.3, 0.4) is 0 Å². The van der Waals surface area contributed by atoms with Gasteiger partial charge in [0.1, 0.15) is 12.8 Å². The molecule has 3 heterocycles. The van der Waals surface area contributed by atoms with Gasteiger partial charge in [-0.25, -0.2) is 4.79 Å². The number of aromatic nitrogens is 2. The molecule has 2 aliphatic rings. The average Bonchev–Trinajstić information content (AvgIpc) is 3.15. The second-order valence-electron chi connectivity index (χ2n) is 6.61. The summed E-state index contributed by atoms with van der Waals surface area (Å²) in [6.45, 7) is 1.58. The predicted octanol–water partition coefficient (Wildman–Crippen LogP) is 1.16. The molecule has 1 saturated heterocycles. The van der Waals surface area contributed by atoms with Crippen LogP contribution in [0.15, 0.2) is 40.1 Å². The number of fused-ring (bicyclic) bond motifs is 1. The highest BCUT2D eigenvalue weighted by Gasteiger charge is 2.40. The number of hydroxylamine groups is 2. The van der Waals surface area contributed by atoms with E-state index in [2.05, 4.69) is 27.6 Å². The Morgan fingerprint density at radius 2 is 1.82 bits per heavy atom. The number of hydrogen-bond donors (Lipinski definition) is 1. The Balaban J connectivity index is 1.45. The molecule has 2 aliphatic heterocycles. The van der Waals surface area contributed by atoms with Gasteiger partial charge in [0, 0.05) is 22.1 Å². The third-order valence-electron chi connectivity index (χ3n) is 4.74. The van der Waals surface area contributed by atoms with Crippen LogP contribution in [0.5, 0.6) is 0 Å². The molecule has 0 radical (unpaired) electrons. The molecular weight excluding hydrogens is 481 g/mol. The molecule has 1 fully saturated rings. The summed E-state index contributed by atoms with van der Waals surface area (Å²) in [5.74, 6) is -1.01. The van der Waals surface area contributed by atoms with Crippen molar-refractivity contribution in [1.82, 2.24) is 14.6 Å². The van der Waals surface area contributed by atoms with Crippen molar-refractivity contribution in [1.29, 1.82) is 0 Å². The molecular formula is C18H16IN3O6. The van der Waals surface area contributed by atoms with Gasteiger partial charge in [-0.05, 0) is 19.1 Å². The number of hydrogen-bond acceptors (Lipinski definition) is 6. The number of aryl methyl sites for hydroxylation is 1. The van der Waals surface area contributed by atoms with Gasteiger partial charge < -0.3 is 4.74 Å². The van der Waals surface area contributed by atoms with Gasteiger partial charge >= 0.3 is 5.69 Å². The summed E-state index contributed by atoms with van der Waals surface area (Å²) in [6, 6.07) is 6.52. The number of aromatic amines is 1. The van der Waals surface area contributed by atoms with Gasteiger partial charge in [-0.3, -0.25) is 28.8 Å². The van der Waals surface area contributed by atoms with E-state index in [9.17, 15) is 19.2 Å². The summed E-state index contributed by atoms with van der Waals surface area (Å²) in [5.41, 5.74) is 0.0267. The van der Waals surface area contributed by atoms with Crippen molar-refractivity contribution in [2.45, 2.75) is 29.6 Å². The van der Waals surface area contributed by atoms with Gasteiger partial charge in [0.15, 0.2) is 0 Å². The normalized spacial score (nSPS) is 24.1. The average molecular weight is 497 g/mol. The fourth-order valence-electron chi connectivity index (χ4n) is 3.24. The number of imide groups is 1. The molecule has 0 spiro atoms. The zero-order valence-corrected chi connectivity index (χ0v) is 16.9. The van der Waals surface area contributed by atoms with Crippen LogP contribution < -0.4 is 11.2 Å². The van der Waals surface area contributed by atoms with Gasteiger partial charge in [-0.2, -0.15) is 0 Å². The maximum Gasteiger partial charge on any atom is 0.330 e. The predicted molar refractivity (Wildman–Crippen MR) is 105 cm³/mol. The van der Waals surface area contributed by atoms with Gasteiger partial charge in [0.2, 0.25) is 0 Å². The number of halogens is 1. The number of rotatable bonds is 4. The van der Waals surface area contributed by atoms with Crippen LogP contribution in [0.25, 0.3) is 0 Å². The lowest BCUT2D eigenvalue weighted by Crippen LogP contribution is -2.35. The van der Waals surface area contributed by atoms with Gasteiger partial charge in [-0.15, -0.1) is 5.06 Å². The lowest BCUT2D eigenvalue weighted by atomic mass is 10.1. The number of nitrogens with one attached hydrogen (secondary N) is 1. The van der Waals surface area contributed by atoms with Crippen LogP contribution in [0.4, 0.5) is 0 Å².